The minimum absolute atomic E-state index is 0.147. The first-order valence-corrected chi connectivity index (χ1v) is 12.4. The van der Waals surface area contributed by atoms with E-state index in [-0.39, 0.29) is 10.6 Å². The molecule has 1 N–H and O–H groups in total. The number of anilines is 2. The van der Waals surface area contributed by atoms with E-state index in [9.17, 15) is 22.4 Å². The summed E-state index contributed by atoms with van der Waals surface area (Å²) in [5.41, 5.74) is 1.48. The molecular weight excluding hydrogens is 467 g/mol. The quantitative estimate of drug-likeness (QED) is 0.508. The maximum absolute atomic E-state index is 13.3. The van der Waals surface area contributed by atoms with Crippen LogP contribution in [0.3, 0.4) is 0 Å². The Morgan fingerprint density at radius 2 is 1.79 bits per heavy atom. The lowest BCUT2D eigenvalue weighted by atomic mass is 10.1. The van der Waals surface area contributed by atoms with Crippen LogP contribution in [0.25, 0.3) is 0 Å². The van der Waals surface area contributed by atoms with Crippen LogP contribution in [-0.2, 0) is 32.4 Å². The lowest BCUT2D eigenvalue weighted by Gasteiger charge is -2.24. The number of nitrogens with one attached hydrogen (secondary N) is 1. The summed E-state index contributed by atoms with van der Waals surface area (Å²) in [6, 6.07) is 12.6. The molecule has 172 valence electrons. The number of nitrogens with zero attached hydrogens (tertiary/aromatic N) is 1. The van der Waals surface area contributed by atoms with Crippen LogP contribution in [-0.4, -0.2) is 33.9 Å². The lowest BCUT2D eigenvalue weighted by Crippen LogP contribution is -2.38. The highest BCUT2D eigenvalue weighted by atomic mass is 32.2. The van der Waals surface area contributed by atoms with Crippen LogP contribution in [0.4, 0.5) is 15.1 Å². The van der Waals surface area contributed by atoms with Gasteiger partial charge in [-0.15, -0.1) is 11.3 Å². The van der Waals surface area contributed by atoms with Gasteiger partial charge >= 0.3 is 5.97 Å². The molecule has 0 spiro atoms. The van der Waals surface area contributed by atoms with Gasteiger partial charge in [-0.25, -0.2) is 17.6 Å². The SMILES string of the molecule is COC(=O)c1c(NC(=O)CN(c2ccccc2)S(=O)(=O)c2ccc(F)cc2)sc2c1CCC2. The van der Waals surface area contributed by atoms with Crippen molar-refractivity contribution in [3.8, 4) is 0 Å². The zero-order valence-electron chi connectivity index (χ0n) is 17.7. The van der Waals surface area contributed by atoms with Gasteiger partial charge in [-0.3, -0.25) is 9.10 Å². The Kier molecular flexibility index (Phi) is 6.48. The van der Waals surface area contributed by atoms with Crippen molar-refractivity contribution in [2.75, 3.05) is 23.3 Å². The number of carbonyl (C=O) groups is 2. The molecule has 7 nitrogen and oxygen atoms in total. The Hall–Kier alpha value is -3.24. The van der Waals surface area contributed by atoms with Crippen LogP contribution in [0.2, 0.25) is 0 Å². The zero-order chi connectivity index (χ0) is 23.6. The van der Waals surface area contributed by atoms with Crippen molar-refractivity contribution < 1.29 is 27.1 Å². The molecule has 33 heavy (non-hydrogen) atoms. The Morgan fingerprint density at radius 3 is 2.45 bits per heavy atom. The summed E-state index contributed by atoms with van der Waals surface area (Å²) >= 11 is 1.31. The van der Waals surface area contributed by atoms with E-state index in [1.807, 2.05) is 0 Å². The summed E-state index contributed by atoms with van der Waals surface area (Å²) in [7, 11) is -2.89. The van der Waals surface area contributed by atoms with E-state index in [1.165, 1.54) is 18.4 Å². The first-order valence-electron chi connectivity index (χ1n) is 10.2. The number of methoxy groups -OCH3 is 1. The van der Waals surface area contributed by atoms with E-state index >= 15 is 0 Å². The largest absolute Gasteiger partial charge is 0.465 e. The van der Waals surface area contributed by atoms with Crippen LogP contribution in [0.5, 0.6) is 0 Å². The first kappa shape index (κ1) is 22.9. The van der Waals surface area contributed by atoms with Crippen LogP contribution >= 0.6 is 11.3 Å². The topological polar surface area (TPSA) is 92.8 Å². The van der Waals surface area contributed by atoms with Crippen LogP contribution in [0.1, 0.15) is 27.2 Å². The third kappa shape index (κ3) is 4.62. The molecule has 0 saturated carbocycles. The molecule has 1 aliphatic carbocycles. The Bertz CT molecular complexity index is 1290. The third-order valence-electron chi connectivity index (χ3n) is 5.30. The van der Waals surface area contributed by atoms with E-state index in [1.54, 1.807) is 30.3 Å². The number of sulfonamides is 1. The van der Waals surface area contributed by atoms with Crippen LogP contribution in [0.15, 0.2) is 59.5 Å². The summed E-state index contributed by atoms with van der Waals surface area (Å²) in [5.74, 6) is -1.72. The number of fused-ring (bicyclic) bond motifs is 1. The molecule has 4 rings (SSSR count). The standard InChI is InChI=1S/C23H21FN2O5S2/c1-31-23(28)21-18-8-5-9-19(18)32-22(21)25-20(27)14-26(16-6-3-2-4-7-16)33(29,30)17-12-10-15(24)11-13-17/h2-4,6-7,10-13H,5,8-9,14H2,1H3,(H,25,27). The second-order valence-electron chi connectivity index (χ2n) is 7.40. The second kappa shape index (κ2) is 9.32. The molecule has 3 aromatic rings. The number of hydrogen-bond acceptors (Lipinski definition) is 6. The van der Waals surface area contributed by atoms with Gasteiger partial charge < -0.3 is 10.1 Å². The number of benzene rings is 2. The Balaban J connectivity index is 1.65. The molecule has 1 aromatic heterocycles. The molecule has 1 amide bonds. The zero-order valence-corrected chi connectivity index (χ0v) is 19.3. The fraction of sp³-hybridized carbons (Fsp3) is 0.217. The van der Waals surface area contributed by atoms with Gasteiger partial charge in [-0.1, -0.05) is 18.2 Å². The molecule has 0 radical (unpaired) electrons. The third-order valence-corrected chi connectivity index (χ3v) is 8.29. The number of ether oxygens (including phenoxy) is 1. The van der Waals surface area contributed by atoms with Gasteiger partial charge in [0.1, 0.15) is 17.4 Å². The molecular formula is C23H21FN2O5S2. The van der Waals surface area contributed by atoms with Gasteiger partial charge in [0.2, 0.25) is 5.91 Å². The van der Waals surface area contributed by atoms with Crippen molar-refractivity contribution in [2.45, 2.75) is 24.2 Å². The van der Waals surface area contributed by atoms with Crippen molar-refractivity contribution in [1.82, 2.24) is 0 Å². The van der Waals surface area contributed by atoms with Crippen molar-refractivity contribution in [2.24, 2.45) is 0 Å². The van der Waals surface area contributed by atoms with Gasteiger partial charge in [-0.05, 0) is 61.2 Å². The summed E-state index contributed by atoms with van der Waals surface area (Å²) in [5, 5.41) is 3.05. The molecule has 2 aromatic carbocycles. The summed E-state index contributed by atoms with van der Waals surface area (Å²) in [6.07, 6.45) is 2.47. The first-order chi connectivity index (χ1) is 15.8. The number of hydrogen-bond donors (Lipinski definition) is 1. The van der Waals surface area contributed by atoms with Crippen LogP contribution in [0, 0.1) is 5.82 Å². The molecule has 0 unspecified atom stereocenters. The minimum atomic E-state index is -4.17. The molecule has 1 heterocycles. The number of para-hydroxylation sites is 1. The highest BCUT2D eigenvalue weighted by Crippen LogP contribution is 2.39. The Morgan fingerprint density at radius 1 is 1.09 bits per heavy atom. The number of halogens is 1. The monoisotopic (exact) mass is 488 g/mol. The van der Waals surface area contributed by atoms with Gasteiger partial charge in [-0.2, -0.15) is 0 Å². The maximum atomic E-state index is 13.3. The summed E-state index contributed by atoms with van der Waals surface area (Å²) in [6.45, 7) is -0.535. The highest BCUT2D eigenvalue weighted by Gasteiger charge is 2.30. The average molecular weight is 489 g/mol. The molecule has 0 fully saturated rings. The smallest absolute Gasteiger partial charge is 0.341 e. The van der Waals surface area contributed by atoms with Gasteiger partial charge in [0.05, 0.1) is 23.3 Å². The number of amides is 1. The molecule has 1 aliphatic rings. The highest BCUT2D eigenvalue weighted by molar-refractivity contribution is 7.92. The maximum Gasteiger partial charge on any atom is 0.341 e. The Labute approximate surface area is 194 Å². The summed E-state index contributed by atoms with van der Waals surface area (Å²) in [4.78, 5) is 26.2. The normalized spacial score (nSPS) is 12.8. The predicted molar refractivity (Wildman–Crippen MR) is 124 cm³/mol. The van der Waals surface area contributed by atoms with Crippen molar-refractivity contribution in [3.05, 3.63) is 76.4 Å². The van der Waals surface area contributed by atoms with Crippen LogP contribution < -0.4 is 9.62 Å². The fourth-order valence-electron chi connectivity index (χ4n) is 3.75. The van der Waals surface area contributed by atoms with Crippen molar-refractivity contribution in [1.29, 1.82) is 0 Å². The number of rotatable bonds is 7. The number of aryl methyl sites for hydroxylation is 1. The minimum Gasteiger partial charge on any atom is -0.465 e. The predicted octanol–water partition coefficient (Wildman–Crippen LogP) is 4.00. The number of esters is 1. The molecule has 0 atom stereocenters. The lowest BCUT2D eigenvalue weighted by molar-refractivity contribution is -0.114. The van der Waals surface area contributed by atoms with E-state index in [0.717, 1.165) is 58.3 Å². The average Bonchev–Trinajstić information content (AvgIpc) is 3.38. The molecule has 0 aliphatic heterocycles. The van der Waals surface area contributed by atoms with Crippen molar-refractivity contribution >= 4 is 43.9 Å². The molecule has 0 saturated heterocycles. The second-order valence-corrected chi connectivity index (χ2v) is 10.4. The van der Waals surface area contributed by atoms with Gasteiger partial charge in [0.25, 0.3) is 10.0 Å². The van der Waals surface area contributed by atoms with Gasteiger partial charge in [0.15, 0.2) is 0 Å². The van der Waals surface area contributed by atoms with E-state index < -0.39 is 34.3 Å². The summed E-state index contributed by atoms with van der Waals surface area (Å²) < 4.78 is 45.8. The van der Waals surface area contributed by atoms with Gasteiger partial charge in [0, 0.05) is 4.88 Å². The molecule has 10 heteroatoms. The van der Waals surface area contributed by atoms with Crippen molar-refractivity contribution in [3.63, 3.8) is 0 Å². The number of carbonyl (C=O) groups excluding carboxylic acids is 2. The van der Waals surface area contributed by atoms with E-state index in [0.29, 0.717) is 10.6 Å². The fourth-order valence-corrected chi connectivity index (χ4v) is 6.46. The van der Waals surface area contributed by atoms with E-state index in [2.05, 4.69) is 5.32 Å². The van der Waals surface area contributed by atoms with E-state index in [4.69, 9.17) is 4.74 Å². The number of thiophene rings is 1. The molecule has 0 bridgehead atoms.